The van der Waals surface area contributed by atoms with Crippen LogP contribution >= 0.6 is 0 Å². The zero-order valence-electron chi connectivity index (χ0n) is 27.5. The van der Waals surface area contributed by atoms with E-state index in [1.165, 1.54) is 27.6 Å². The Morgan fingerprint density at radius 3 is 1.67 bits per heavy atom. The van der Waals surface area contributed by atoms with Gasteiger partial charge in [-0.2, -0.15) is 0 Å². The molecule has 0 aliphatic rings. The van der Waals surface area contributed by atoms with Crippen molar-refractivity contribution in [2.75, 3.05) is 4.90 Å². The van der Waals surface area contributed by atoms with E-state index in [2.05, 4.69) is 163 Å². The van der Waals surface area contributed by atoms with E-state index in [9.17, 15) is 0 Å². The summed E-state index contributed by atoms with van der Waals surface area (Å²) < 4.78 is 12.7. The summed E-state index contributed by atoms with van der Waals surface area (Å²) in [5.41, 5.74) is 12.0. The number of nitrogens with zero attached hydrogens (tertiary/aromatic N) is 2. The molecule has 0 unspecified atom stereocenters. The number of fused-ring (bicyclic) bond motifs is 6. The van der Waals surface area contributed by atoms with Gasteiger partial charge in [0.15, 0.2) is 5.58 Å². The molecule has 0 bridgehead atoms. The average molecular weight is 655 g/mol. The van der Waals surface area contributed by atoms with Gasteiger partial charge in [-0.25, -0.2) is 4.98 Å². The van der Waals surface area contributed by atoms with Gasteiger partial charge in [-0.15, -0.1) is 0 Å². The van der Waals surface area contributed by atoms with Crippen molar-refractivity contribution in [3.63, 3.8) is 0 Å². The summed E-state index contributed by atoms with van der Waals surface area (Å²) in [5, 5.41) is 4.27. The SMILES string of the molecule is c1ccc(-c2ccc(-c3ccc(N(c4ccccc4)c4ccc5oc6ccc7oc(-c8ccc9ccccc9c8)nc7c6c5c4)cc3)cc2)cc1. The Morgan fingerprint density at radius 2 is 0.922 bits per heavy atom. The number of hydrogen-bond acceptors (Lipinski definition) is 4. The van der Waals surface area contributed by atoms with E-state index in [4.69, 9.17) is 13.8 Å². The van der Waals surface area contributed by atoms with Gasteiger partial charge in [0.2, 0.25) is 5.89 Å². The molecule has 0 radical (unpaired) electrons. The Morgan fingerprint density at radius 1 is 0.373 bits per heavy atom. The number of hydrogen-bond donors (Lipinski definition) is 0. The lowest BCUT2D eigenvalue weighted by Crippen LogP contribution is -2.09. The van der Waals surface area contributed by atoms with Gasteiger partial charge >= 0.3 is 0 Å². The molecule has 51 heavy (non-hydrogen) atoms. The molecular weight excluding hydrogens is 625 g/mol. The Labute approximate surface area is 294 Å². The first-order valence-electron chi connectivity index (χ1n) is 17.1. The molecular formula is C47H30N2O2. The first-order valence-corrected chi connectivity index (χ1v) is 17.1. The van der Waals surface area contributed by atoms with Crippen LogP contribution in [0.15, 0.2) is 191 Å². The highest BCUT2D eigenvalue weighted by atomic mass is 16.4. The average Bonchev–Trinajstić information content (AvgIpc) is 3.81. The second-order valence-corrected chi connectivity index (χ2v) is 12.8. The van der Waals surface area contributed by atoms with Gasteiger partial charge in [0.25, 0.3) is 0 Å². The van der Waals surface area contributed by atoms with Gasteiger partial charge in [-0.1, -0.05) is 115 Å². The summed E-state index contributed by atoms with van der Waals surface area (Å²) in [6, 6.07) is 63.4. The van der Waals surface area contributed by atoms with Gasteiger partial charge < -0.3 is 13.7 Å². The van der Waals surface area contributed by atoms with Crippen molar-refractivity contribution >= 4 is 60.9 Å². The predicted octanol–water partition coefficient (Wildman–Crippen LogP) is 13.4. The summed E-state index contributed by atoms with van der Waals surface area (Å²) in [6.45, 7) is 0. The highest BCUT2D eigenvalue weighted by Crippen LogP contribution is 2.41. The number of oxazole rings is 1. The molecule has 2 aromatic heterocycles. The fourth-order valence-corrected chi connectivity index (χ4v) is 7.14. The van der Waals surface area contributed by atoms with Gasteiger partial charge in [0.1, 0.15) is 16.7 Å². The fraction of sp³-hybridized carbons (Fsp3) is 0. The van der Waals surface area contributed by atoms with E-state index >= 15 is 0 Å². The van der Waals surface area contributed by atoms with Crippen LogP contribution in [-0.4, -0.2) is 4.98 Å². The second kappa shape index (κ2) is 11.9. The van der Waals surface area contributed by atoms with E-state index in [1.54, 1.807) is 0 Å². The predicted molar refractivity (Wildman–Crippen MR) is 210 cm³/mol. The maximum atomic E-state index is 6.38. The zero-order chi connectivity index (χ0) is 33.7. The summed E-state index contributed by atoms with van der Waals surface area (Å²) in [4.78, 5) is 7.33. The van der Waals surface area contributed by atoms with Crippen LogP contribution < -0.4 is 4.90 Å². The van der Waals surface area contributed by atoms with Crippen molar-refractivity contribution in [3.05, 3.63) is 182 Å². The third-order valence-electron chi connectivity index (χ3n) is 9.69. The first-order chi connectivity index (χ1) is 25.2. The van der Waals surface area contributed by atoms with E-state index < -0.39 is 0 Å². The van der Waals surface area contributed by atoms with Gasteiger partial charge in [-0.05, 0) is 99.8 Å². The Bertz CT molecular complexity index is 2840. The van der Waals surface area contributed by atoms with Crippen LogP contribution in [-0.2, 0) is 0 Å². The Balaban J connectivity index is 1.05. The molecule has 0 saturated carbocycles. The summed E-state index contributed by atoms with van der Waals surface area (Å²) in [5.74, 6) is 0.592. The number of rotatable bonds is 6. The molecule has 240 valence electrons. The number of anilines is 3. The molecule has 10 rings (SSSR count). The lowest BCUT2D eigenvalue weighted by molar-refractivity contribution is 0.619. The minimum atomic E-state index is 0.592. The summed E-state index contributed by atoms with van der Waals surface area (Å²) >= 11 is 0. The van der Waals surface area contributed by atoms with Crippen molar-refractivity contribution in [1.82, 2.24) is 4.98 Å². The summed E-state index contributed by atoms with van der Waals surface area (Å²) in [7, 11) is 0. The van der Waals surface area contributed by atoms with Gasteiger partial charge in [-0.3, -0.25) is 0 Å². The monoisotopic (exact) mass is 654 g/mol. The van der Waals surface area contributed by atoms with Crippen molar-refractivity contribution in [2.24, 2.45) is 0 Å². The zero-order valence-corrected chi connectivity index (χ0v) is 27.5. The highest BCUT2D eigenvalue weighted by molar-refractivity contribution is 6.17. The Hall–Kier alpha value is -6.91. The van der Waals surface area contributed by atoms with Gasteiger partial charge in [0, 0.05) is 28.0 Å². The topological polar surface area (TPSA) is 42.4 Å². The van der Waals surface area contributed by atoms with Crippen LogP contribution in [0.4, 0.5) is 17.1 Å². The van der Waals surface area contributed by atoms with Crippen molar-refractivity contribution in [3.8, 4) is 33.7 Å². The standard InChI is InChI=1S/C47H30N2O2/c1-3-9-31(10-4-1)33-15-17-34(18-16-33)35-21-23-39(24-22-35)49(38-13-5-2-6-14-38)40-25-26-42-41(30-40)45-43(50-42)27-28-44-46(45)48-47(51-44)37-20-19-32-11-7-8-12-36(32)29-37/h1-30H. The van der Waals surface area contributed by atoms with Crippen molar-refractivity contribution in [2.45, 2.75) is 0 Å². The normalized spacial score (nSPS) is 11.5. The molecule has 0 aliphatic heterocycles. The molecule has 8 aromatic carbocycles. The minimum absolute atomic E-state index is 0.592. The van der Waals surface area contributed by atoms with E-state index in [1.807, 2.05) is 24.3 Å². The van der Waals surface area contributed by atoms with Crippen LogP contribution in [0.3, 0.4) is 0 Å². The van der Waals surface area contributed by atoms with Crippen LogP contribution in [0, 0.1) is 0 Å². The summed E-state index contributed by atoms with van der Waals surface area (Å²) in [6.07, 6.45) is 0. The lowest BCUT2D eigenvalue weighted by Gasteiger charge is -2.25. The molecule has 4 nitrogen and oxygen atoms in total. The largest absolute Gasteiger partial charge is 0.456 e. The number of aromatic nitrogens is 1. The smallest absolute Gasteiger partial charge is 0.227 e. The lowest BCUT2D eigenvalue weighted by atomic mass is 10.00. The van der Waals surface area contributed by atoms with Crippen LogP contribution in [0.2, 0.25) is 0 Å². The van der Waals surface area contributed by atoms with Crippen LogP contribution in [0.5, 0.6) is 0 Å². The highest BCUT2D eigenvalue weighted by Gasteiger charge is 2.19. The minimum Gasteiger partial charge on any atom is -0.456 e. The van der Waals surface area contributed by atoms with Crippen LogP contribution in [0.1, 0.15) is 0 Å². The van der Waals surface area contributed by atoms with Crippen LogP contribution in [0.25, 0.3) is 77.5 Å². The molecule has 0 N–H and O–H groups in total. The first kappa shape index (κ1) is 29.0. The van der Waals surface area contributed by atoms with E-state index in [0.29, 0.717) is 5.89 Å². The third kappa shape index (κ3) is 5.13. The number of furan rings is 1. The van der Waals surface area contributed by atoms with Crippen molar-refractivity contribution < 1.29 is 8.83 Å². The molecule has 0 fully saturated rings. The maximum absolute atomic E-state index is 6.38. The quantitative estimate of drug-likeness (QED) is 0.179. The fourth-order valence-electron chi connectivity index (χ4n) is 7.14. The molecule has 0 aliphatic carbocycles. The molecule has 10 aromatic rings. The maximum Gasteiger partial charge on any atom is 0.227 e. The Kier molecular flexibility index (Phi) is 6.78. The molecule has 0 saturated heterocycles. The number of benzene rings is 8. The molecule has 0 spiro atoms. The second-order valence-electron chi connectivity index (χ2n) is 12.8. The molecule has 2 heterocycles. The molecule has 0 atom stereocenters. The number of para-hydroxylation sites is 1. The third-order valence-corrected chi connectivity index (χ3v) is 9.69. The van der Waals surface area contributed by atoms with Crippen molar-refractivity contribution in [1.29, 1.82) is 0 Å². The molecule has 0 amide bonds. The molecule has 4 heteroatoms. The van der Waals surface area contributed by atoms with Gasteiger partial charge in [0.05, 0.1) is 5.39 Å². The van der Waals surface area contributed by atoms with E-state index in [-0.39, 0.29) is 0 Å². The van der Waals surface area contributed by atoms with E-state index in [0.717, 1.165) is 61.1 Å².